The van der Waals surface area contributed by atoms with E-state index in [0.717, 1.165) is 16.8 Å². The van der Waals surface area contributed by atoms with Crippen LogP contribution >= 0.6 is 0 Å². The van der Waals surface area contributed by atoms with Crippen LogP contribution in [0.1, 0.15) is 22.7 Å². The third kappa shape index (κ3) is 3.25. The van der Waals surface area contributed by atoms with E-state index in [2.05, 4.69) is 6.07 Å². The highest BCUT2D eigenvalue weighted by molar-refractivity contribution is 6.07. The van der Waals surface area contributed by atoms with E-state index in [9.17, 15) is 9.59 Å². The van der Waals surface area contributed by atoms with Crippen molar-refractivity contribution in [2.75, 3.05) is 5.06 Å². The van der Waals surface area contributed by atoms with Crippen molar-refractivity contribution in [3.05, 3.63) is 102 Å². The van der Waals surface area contributed by atoms with Gasteiger partial charge in [0.05, 0.1) is 29.9 Å². The molecule has 0 N–H and O–H groups in total. The molecule has 0 aliphatic carbocycles. The molecule has 3 aromatic carbocycles. The maximum absolute atomic E-state index is 13.4. The first-order chi connectivity index (χ1) is 15.2. The van der Waals surface area contributed by atoms with Crippen molar-refractivity contribution < 1.29 is 14.4 Å². The molecular formula is C25H19N3O3. The van der Waals surface area contributed by atoms with Gasteiger partial charge in [-0.1, -0.05) is 60.7 Å². The van der Waals surface area contributed by atoms with Crippen molar-refractivity contribution in [1.29, 1.82) is 5.26 Å². The topological polar surface area (TPSA) is 73.6 Å². The molecule has 0 saturated carbocycles. The van der Waals surface area contributed by atoms with Crippen LogP contribution in [0.15, 0.2) is 84.9 Å². The molecule has 6 nitrogen and oxygen atoms in total. The van der Waals surface area contributed by atoms with Gasteiger partial charge in [0.2, 0.25) is 5.91 Å². The summed E-state index contributed by atoms with van der Waals surface area (Å²) in [4.78, 5) is 34.0. The van der Waals surface area contributed by atoms with E-state index in [1.807, 2.05) is 72.8 Å². The molecule has 0 aromatic heterocycles. The number of anilines is 1. The fraction of sp³-hybridized carbons (Fsp3) is 0.160. The molecule has 3 aromatic rings. The van der Waals surface area contributed by atoms with E-state index in [1.165, 1.54) is 4.90 Å². The molecule has 0 bridgehead atoms. The van der Waals surface area contributed by atoms with Crippen LogP contribution in [0.3, 0.4) is 0 Å². The standard InChI is InChI=1S/C25H19N3O3/c26-15-17-11-13-19(14-12-17)22-21-23(31-28(22)20-9-5-2-6-10-20)25(30)27(24(21)29)16-18-7-3-1-4-8-18/h1-14,21-23H,16H2/t21-,22-,23+/m1/s1. The van der Waals surface area contributed by atoms with Crippen LogP contribution in [0, 0.1) is 17.2 Å². The number of hydrogen-bond donors (Lipinski definition) is 0. The Hall–Kier alpha value is -3.95. The van der Waals surface area contributed by atoms with Gasteiger partial charge in [-0.2, -0.15) is 5.26 Å². The highest BCUT2D eigenvalue weighted by Crippen LogP contribution is 2.46. The van der Waals surface area contributed by atoms with Gasteiger partial charge in [-0.25, -0.2) is 5.06 Å². The van der Waals surface area contributed by atoms with Crippen molar-refractivity contribution in [1.82, 2.24) is 4.90 Å². The van der Waals surface area contributed by atoms with Crippen molar-refractivity contribution in [3.8, 4) is 6.07 Å². The quantitative estimate of drug-likeness (QED) is 0.616. The number of benzene rings is 3. The number of nitrogens with zero attached hydrogens (tertiary/aromatic N) is 3. The number of imide groups is 1. The maximum Gasteiger partial charge on any atom is 0.262 e. The Morgan fingerprint density at radius 1 is 0.839 bits per heavy atom. The highest BCUT2D eigenvalue weighted by Gasteiger charge is 2.59. The summed E-state index contributed by atoms with van der Waals surface area (Å²) in [6.45, 7) is 0.223. The van der Waals surface area contributed by atoms with Crippen LogP contribution in [0.5, 0.6) is 0 Å². The van der Waals surface area contributed by atoms with Gasteiger partial charge in [-0.15, -0.1) is 0 Å². The smallest absolute Gasteiger partial charge is 0.262 e. The molecule has 6 heteroatoms. The highest BCUT2D eigenvalue weighted by atomic mass is 16.7. The van der Waals surface area contributed by atoms with E-state index in [-0.39, 0.29) is 18.4 Å². The second kappa shape index (κ2) is 7.71. The number of hydroxylamine groups is 1. The minimum absolute atomic E-state index is 0.223. The van der Waals surface area contributed by atoms with E-state index < -0.39 is 18.1 Å². The Balaban J connectivity index is 1.52. The van der Waals surface area contributed by atoms with E-state index in [0.29, 0.717) is 5.56 Å². The van der Waals surface area contributed by atoms with Crippen LogP contribution in [0.2, 0.25) is 0 Å². The average Bonchev–Trinajstić information content (AvgIpc) is 3.32. The summed E-state index contributed by atoms with van der Waals surface area (Å²) in [6.07, 6.45) is -0.878. The van der Waals surface area contributed by atoms with Crippen molar-refractivity contribution >= 4 is 17.5 Å². The molecule has 2 aliphatic rings. The Labute approximate surface area is 179 Å². The lowest BCUT2D eigenvalue weighted by Crippen LogP contribution is -2.36. The second-order valence-electron chi connectivity index (χ2n) is 7.64. The van der Waals surface area contributed by atoms with Gasteiger partial charge in [-0.3, -0.25) is 19.3 Å². The van der Waals surface area contributed by atoms with E-state index in [1.54, 1.807) is 17.2 Å². The summed E-state index contributed by atoms with van der Waals surface area (Å²) >= 11 is 0. The lowest BCUT2D eigenvalue weighted by Gasteiger charge is -2.28. The lowest BCUT2D eigenvalue weighted by molar-refractivity contribution is -0.143. The molecule has 5 rings (SSSR count). The fourth-order valence-corrected chi connectivity index (χ4v) is 4.29. The van der Waals surface area contributed by atoms with Gasteiger partial charge >= 0.3 is 0 Å². The summed E-state index contributed by atoms with van der Waals surface area (Å²) in [5, 5.41) is 10.8. The predicted molar refractivity (Wildman–Crippen MR) is 113 cm³/mol. The van der Waals surface area contributed by atoms with Gasteiger partial charge in [0.15, 0.2) is 6.10 Å². The Kier molecular flexibility index (Phi) is 4.73. The number of fused-ring (bicyclic) bond motifs is 1. The van der Waals surface area contributed by atoms with Crippen LogP contribution in [-0.2, 0) is 21.0 Å². The van der Waals surface area contributed by atoms with Gasteiger partial charge in [0, 0.05) is 0 Å². The number of nitriles is 1. The minimum atomic E-state index is -0.878. The van der Waals surface area contributed by atoms with Gasteiger partial charge in [0.25, 0.3) is 5.91 Å². The number of rotatable bonds is 4. The number of likely N-dealkylation sites (tertiary alicyclic amines) is 1. The number of amides is 2. The SMILES string of the molecule is N#Cc1ccc([C@@H]2[C@H]3C(=O)N(Cc4ccccc4)C(=O)[C@H]3ON2c2ccccc2)cc1. The Morgan fingerprint density at radius 3 is 2.13 bits per heavy atom. The fourth-order valence-electron chi connectivity index (χ4n) is 4.29. The Morgan fingerprint density at radius 2 is 1.48 bits per heavy atom. The molecule has 0 spiro atoms. The van der Waals surface area contributed by atoms with Crippen LogP contribution in [0.25, 0.3) is 0 Å². The normalized spacial score (nSPS) is 22.5. The minimum Gasteiger partial charge on any atom is -0.275 e. The number of carbonyl (C=O) groups excluding carboxylic acids is 2. The maximum atomic E-state index is 13.4. The largest absolute Gasteiger partial charge is 0.275 e. The lowest BCUT2D eigenvalue weighted by atomic mass is 9.90. The molecule has 2 fully saturated rings. The molecule has 2 aliphatic heterocycles. The molecule has 152 valence electrons. The second-order valence-corrected chi connectivity index (χ2v) is 7.64. The molecule has 0 unspecified atom stereocenters. The van der Waals surface area contributed by atoms with Crippen LogP contribution < -0.4 is 5.06 Å². The summed E-state index contributed by atoms with van der Waals surface area (Å²) in [7, 11) is 0. The first-order valence-electron chi connectivity index (χ1n) is 10.1. The third-order valence-corrected chi connectivity index (χ3v) is 5.78. The zero-order chi connectivity index (χ0) is 21.4. The van der Waals surface area contributed by atoms with Crippen molar-refractivity contribution in [3.63, 3.8) is 0 Å². The van der Waals surface area contributed by atoms with Gasteiger partial charge < -0.3 is 0 Å². The third-order valence-electron chi connectivity index (χ3n) is 5.78. The molecule has 31 heavy (non-hydrogen) atoms. The molecule has 3 atom stereocenters. The molecule has 2 amide bonds. The summed E-state index contributed by atoms with van der Waals surface area (Å²) in [5.41, 5.74) is 3.00. The van der Waals surface area contributed by atoms with Crippen molar-refractivity contribution in [2.24, 2.45) is 5.92 Å². The molecular weight excluding hydrogens is 390 g/mol. The van der Waals surface area contributed by atoms with Gasteiger partial charge in [0.1, 0.15) is 5.92 Å². The molecule has 0 radical (unpaired) electrons. The van der Waals surface area contributed by atoms with Gasteiger partial charge in [-0.05, 0) is 35.4 Å². The summed E-state index contributed by atoms with van der Waals surface area (Å²) < 4.78 is 0. The average molecular weight is 409 g/mol. The Bertz CT molecular complexity index is 1160. The van der Waals surface area contributed by atoms with E-state index >= 15 is 0 Å². The van der Waals surface area contributed by atoms with Crippen LogP contribution in [-0.4, -0.2) is 22.8 Å². The number of hydrogen-bond acceptors (Lipinski definition) is 5. The molecule has 2 heterocycles. The first kappa shape index (κ1) is 19.0. The number of carbonyl (C=O) groups is 2. The molecule has 2 saturated heterocycles. The van der Waals surface area contributed by atoms with Crippen molar-refractivity contribution in [2.45, 2.75) is 18.7 Å². The zero-order valence-electron chi connectivity index (χ0n) is 16.6. The monoisotopic (exact) mass is 409 g/mol. The van der Waals surface area contributed by atoms with Crippen LogP contribution in [0.4, 0.5) is 5.69 Å². The van der Waals surface area contributed by atoms with E-state index in [4.69, 9.17) is 10.1 Å². The predicted octanol–water partition coefficient (Wildman–Crippen LogP) is 3.60. The first-order valence-corrected chi connectivity index (χ1v) is 10.1. The summed E-state index contributed by atoms with van der Waals surface area (Å²) in [6, 6.07) is 27.6. The summed E-state index contributed by atoms with van der Waals surface area (Å²) in [5.74, 6) is -1.23. The number of para-hydroxylation sites is 1. The zero-order valence-corrected chi connectivity index (χ0v) is 16.6.